The zero-order valence-corrected chi connectivity index (χ0v) is 6.06. The van der Waals surface area contributed by atoms with Crippen LogP contribution in [0.25, 0.3) is 0 Å². The van der Waals surface area contributed by atoms with E-state index in [1.165, 1.54) is 19.3 Å². The highest BCUT2D eigenvalue weighted by Gasteiger charge is 2.65. The first-order valence-electron chi connectivity index (χ1n) is 3.78. The summed E-state index contributed by atoms with van der Waals surface area (Å²) in [6, 6.07) is 0. The van der Waals surface area contributed by atoms with E-state index < -0.39 is 0 Å². The molecule has 0 heterocycles. The van der Waals surface area contributed by atoms with Gasteiger partial charge in [-0.3, -0.25) is 0 Å². The van der Waals surface area contributed by atoms with Gasteiger partial charge in [-0.2, -0.15) is 0 Å². The number of hydrogen-bond acceptors (Lipinski definition) is 3. The van der Waals surface area contributed by atoms with Crippen LogP contribution in [-0.2, 0) is 0 Å². The van der Waals surface area contributed by atoms with E-state index in [-0.39, 0.29) is 5.54 Å². The second kappa shape index (κ2) is 1.55. The maximum atomic E-state index is 6.00. The van der Waals surface area contributed by atoms with E-state index in [2.05, 4.69) is 0 Å². The first kappa shape index (κ1) is 6.58. The molecule has 0 amide bonds. The lowest BCUT2D eigenvalue weighted by Crippen LogP contribution is -2.65. The third-order valence-corrected chi connectivity index (χ3v) is 3.31. The minimum absolute atomic E-state index is 0.299. The molecule has 2 aliphatic carbocycles. The van der Waals surface area contributed by atoms with Crippen molar-refractivity contribution in [3.8, 4) is 0 Å². The molecule has 1 spiro atoms. The molecule has 3 heteroatoms. The summed E-state index contributed by atoms with van der Waals surface area (Å²) in [4.78, 5) is 0. The summed E-state index contributed by atoms with van der Waals surface area (Å²) in [7, 11) is 0. The Kier molecular flexibility index (Phi) is 1.02. The molecule has 1 atom stereocenters. The van der Waals surface area contributed by atoms with Crippen LogP contribution in [0.15, 0.2) is 0 Å². The minimum Gasteiger partial charge on any atom is -0.322 e. The molecule has 3 nitrogen and oxygen atoms in total. The maximum Gasteiger partial charge on any atom is 0.116 e. The fourth-order valence-corrected chi connectivity index (χ4v) is 2.05. The van der Waals surface area contributed by atoms with Gasteiger partial charge in [-0.05, 0) is 31.1 Å². The first-order valence-corrected chi connectivity index (χ1v) is 3.78. The predicted molar refractivity (Wildman–Crippen MR) is 39.4 cm³/mol. The Morgan fingerprint density at radius 3 is 1.60 bits per heavy atom. The second-order valence-electron chi connectivity index (χ2n) is 3.71. The van der Waals surface area contributed by atoms with Crippen molar-refractivity contribution in [1.82, 2.24) is 0 Å². The van der Waals surface area contributed by atoms with Gasteiger partial charge in [-0.15, -0.1) is 0 Å². The molecule has 10 heavy (non-hydrogen) atoms. The summed E-state index contributed by atoms with van der Waals surface area (Å²) in [5.41, 5.74) is 17.1. The van der Waals surface area contributed by atoms with Gasteiger partial charge in [0.15, 0.2) is 0 Å². The quantitative estimate of drug-likeness (QED) is 0.466. The van der Waals surface area contributed by atoms with Crippen LogP contribution in [0.5, 0.6) is 0 Å². The molecule has 0 aliphatic heterocycles. The molecular weight excluding hydrogens is 126 g/mol. The maximum absolute atomic E-state index is 6.00. The average Bonchev–Trinajstić information content (AvgIpc) is 2.63. The third-order valence-electron chi connectivity index (χ3n) is 3.31. The standard InChI is InChI=1S/C7H14N3/c8-5(9)7(10)4-3-6(7)1-2-6/h1-4,8-10H2. The highest BCUT2D eigenvalue weighted by atomic mass is 15.0. The van der Waals surface area contributed by atoms with E-state index >= 15 is 0 Å². The van der Waals surface area contributed by atoms with Crippen LogP contribution in [0.3, 0.4) is 0 Å². The van der Waals surface area contributed by atoms with Crippen molar-refractivity contribution in [2.45, 2.75) is 31.2 Å². The highest BCUT2D eigenvalue weighted by Crippen LogP contribution is 2.66. The molecule has 2 aliphatic rings. The zero-order chi connectivity index (χ0) is 7.41. The second-order valence-corrected chi connectivity index (χ2v) is 3.71. The Morgan fingerprint density at radius 1 is 1.00 bits per heavy atom. The smallest absolute Gasteiger partial charge is 0.116 e. The van der Waals surface area contributed by atoms with Crippen LogP contribution in [-0.4, -0.2) is 5.54 Å². The summed E-state index contributed by atoms with van der Waals surface area (Å²) < 4.78 is 0. The molecular formula is C7H14N3. The minimum atomic E-state index is -0.299. The summed E-state index contributed by atoms with van der Waals surface area (Å²) in [5.74, 6) is 0. The van der Waals surface area contributed by atoms with Crippen molar-refractivity contribution in [3.63, 3.8) is 0 Å². The van der Waals surface area contributed by atoms with Crippen LogP contribution < -0.4 is 17.2 Å². The Labute approximate surface area is 60.9 Å². The van der Waals surface area contributed by atoms with Gasteiger partial charge in [0.1, 0.15) is 6.17 Å². The molecule has 0 aromatic carbocycles. The molecule has 2 fully saturated rings. The highest BCUT2D eigenvalue weighted by molar-refractivity contribution is 5.27. The van der Waals surface area contributed by atoms with Gasteiger partial charge in [-0.1, -0.05) is 0 Å². The monoisotopic (exact) mass is 140 g/mol. The van der Waals surface area contributed by atoms with Crippen LogP contribution in [0.1, 0.15) is 25.7 Å². The van der Waals surface area contributed by atoms with Crippen molar-refractivity contribution in [2.75, 3.05) is 0 Å². The Balaban J connectivity index is 2.15. The van der Waals surface area contributed by atoms with Crippen molar-refractivity contribution in [1.29, 1.82) is 0 Å². The molecule has 0 aromatic rings. The van der Waals surface area contributed by atoms with Gasteiger partial charge in [0, 0.05) is 0 Å². The van der Waals surface area contributed by atoms with E-state index in [0.29, 0.717) is 11.6 Å². The zero-order valence-electron chi connectivity index (χ0n) is 6.06. The molecule has 0 saturated heterocycles. The van der Waals surface area contributed by atoms with Crippen LogP contribution in [0.4, 0.5) is 0 Å². The number of rotatable bonds is 1. The van der Waals surface area contributed by atoms with Gasteiger partial charge in [-0.25, -0.2) is 0 Å². The van der Waals surface area contributed by atoms with Gasteiger partial charge < -0.3 is 17.2 Å². The van der Waals surface area contributed by atoms with Crippen LogP contribution in [0, 0.1) is 11.6 Å². The van der Waals surface area contributed by atoms with E-state index in [1.807, 2.05) is 0 Å². The molecule has 2 rings (SSSR count). The van der Waals surface area contributed by atoms with Crippen molar-refractivity contribution in [3.05, 3.63) is 6.17 Å². The van der Waals surface area contributed by atoms with E-state index in [9.17, 15) is 0 Å². The van der Waals surface area contributed by atoms with E-state index in [4.69, 9.17) is 17.2 Å². The number of hydrogen-bond donors (Lipinski definition) is 3. The van der Waals surface area contributed by atoms with Crippen molar-refractivity contribution >= 4 is 0 Å². The molecule has 57 valence electrons. The molecule has 6 N–H and O–H groups in total. The predicted octanol–water partition coefficient (Wildman–Crippen LogP) is -0.335. The largest absolute Gasteiger partial charge is 0.322 e. The summed E-state index contributed by atoms with van der Waals surface area (Å²) in [6.45, 7) is 0. The van der Waals surface area contributed by atoms with Gasteiger partial charge in [0.2, 0.25) is 0 Å². The summed E-state index contributed by atoms with van der Waals surface area (Å²) >= 11 is 0. The first-order chi connectivity index (χ1) is 4.61. The summed E-state index contributed by atoms with van der Waals surface area (Å²) in [6.07, 6.45) is 5.09. The molecule has 2 saturated carbocycles. The lowest BCUT2D eigenvalue weighted by atomic mass is 9.62. The normalized spacial score (nSPS) is 42.0. The SMILES string of the molecule is N[C](N)C1(N)CCC12CC2. The van der Waals surface area contributed by atoms with Gasteiger partial charge in [0.05, 0.1) is 5.54 Å². The van der Waals surface area contributed by atoms with E-state index in [1.54, 1.807) is 0 Å². The Morgan fingerprint density at radius 2 is 1.50 bits per heavy atom. The van der Waals surface area contributed by atoms with Gasteiger partial charge >= 0.3 is 0 Å². The fraction of sp³-hybridized carbons (Fsp3) is 0.857. The molecule has 1 unspecified atom stereocenters. The Bertz CT molecular complexity index is 162. The van der Waals surface area contributed by atoms with E-state index in [0.717, 1.165) is 6.42 Å². The lowest BCUT2D eigenvalue weighted by molar-refractivity contribution is 0.111. The van der Waals surface area contributed by atoms with Gasteiger partial charge in [0.25, 0.3) is 0 Å². The Hall–Kier alpha value is -0.120. The van der Waals surface area contributed by atoms with Crippen LogP contribution >= 0.6 is 0 Å². The third kappa shape index (κ3) is 0.516. The molecule has 0 aromatic heterocycles. The van der Waals surface area contributed by atoms with Crippen molar-refractivity contribution < 1.29 is 0 Å². The molecule has 0 bridgehead atoms. The topological polar surface area (TPSA) is 78.1 Å². The summed E-state index contributed by atoms with van der Waals surface area (Å²) in [5, 5.41) is 0. The average molecular weight is 140 g/mol. The fourth-order valence-electron chi connectivity index (χ4n) is 2.05. The lowest BCUT2D eigenvalue weighted by Gasteiger charge is -2.49. The van der Waals surface area contributed by atoms with Crippen LogP contribution in [0.2, 0.25) is 0 Å². The molecule has 1 radical (unpaired) electrons. The van der Waals surface area contributed by atoms with Crippen molar-refractivity contribution in [2.24, 2.45) is 22.6 Å². The number of nitrogens with two attached hydrogens (primary N) is 3.